The summed E-state index contributed by atoms with van der Waals surface area (Å²) in [6, 6.07) is 4.59. The molecule has 0 amide bonds. The number of halogens is 1. The van der Waals surface area contributed by atoms with Gasteiger partial charge in [-0.3, -0.25) is 0 Å². The van der Waals surface area contributed by atoms with E-state index in [2.05, 4.69) is 0 Å². The van der Waals surface area contributed by atoms with Gasteiger partial charge in [0.1, 0.15) is 10.6 Å². The van der Waals surface area contributed by atoms with Gasteiger partial charge in [-0.15, -0.1) is 0 Å². The maximum absolute atomic E-state index is 12.7. The maximum atomic E-state index is 12.7. The SMILES string of the molecule is COc1cc(Cl)ccc1S(=O)(=O)N1CCC(N)C(C)C1. The predicted molar refractivity (Wildman–Crippen MR) is 78.5 cm³/mol. The van der Waals surface area contributed by atoms with Gasteiger partial charge < -0.3 is 10.5 Å². The fourth-order valence-corrected chi connectivity index (χ4v) is 4.19. The van der Waals surface area contributed by atoms with Crippen molar-refractivity contribution < 1.29 is 13.2 Å². The molecule has 1 aromatic carbocycles. The van der Waals surface area contributed by atoms with Gasteiger partial charge in [0.15, 0.2) is 0 Å². The zero-order valence-electron chi connectivity index (χ0n) is 11.5. The summed E-state index contributed by atoms with van der Waals surface area (Å²) in [5.41, 5.74) is 5.93. The molecule has 1 heterocycles. The molecule has 112 valence electrons. The van der Waals surface area contributed by atoms with E-state index in [4.69, 9.17) is 22.1 Å². The summed E-state index contributed by atoms with van der Waals surface area (Å²) >= 11 is 5.87. The Bertz CT molecular complexity index is 591. The highest BCUT2D eigenvalue weighted by Crippen LogP contribution is 2.31. The van der Waals surface area contributed by atoms with Crippen molar-refractivity contribution in [3.05, 3.63) is 23.2 Å². The van der Waals surface area contributed by atoms with E-state index < -0.39 is 10.0 Å². The van der Waals surface area contributed by atoms with Crippen LogP contribution in [0.3, 0.4) is 0 Å². The molecular weight excluding hydrogens is 300 g/mol. The Labute approximate surface area is 124 Å². The molecule has 0 saturated carbocycles. The van der Waals surface area contributed by atoms with E-state index >= 15 is 0 Å². The van der Waals surface area contributed by atoms with Gasteiger partial charge in [0.25, 0.3) is 0 Å². The lowest BCUT2D eigenvalue weighted by Crippen LogP contribution is -2.48. The number of hydrogen-bond acceptors (Lipinski definition) is 4. The smallest absolute Gasteiger partial charge is 0.246 e. The predicted octanol–water partition coefficient (Wildman–Crippen LogP) is 1.71. The number of methoxy groups -OCH3 is 1. The number of ether oxygens (including phenoxy) is 1. The molecule has 2 unspecified atom stereocenters. The van der Waals surface area contributed by atoms with Crippen molar-refractivity contribution in [3.63, 3.8) is 0 Å². The Morgan fingerprint density at radius 1 is 1.45 bits per heavy atom. The Kier molecular flexibility index (Phi) is 4.59. The number of piperidine rings is 1. The van der Waals surface area contributed by atoms with Gasteiger partial charge >= 0.3 is 0 Å². The largest absolute Gasteiger partial charge is 0.495 e. The van der Waals surface area contributed by atoms with Crippen molar-refractivity contribution in [3.8, 4) is 5.75 Å². The molecule has 1 aromatic rings. The molecule has 1 saturated heterocycles. The maximum Gasteiger partial charge on any atom is 0.246 e. The lowest BCUT2D eigenvalue weighted by atomic mass is 9.96. The molecule has 2 atom stereocenters. The summed E-state index contributed by atoms with van der Waals surface area (Å²) < 4.78 is 32.0. The molecule has 2 N–H and O–H groups in total. The number of nitrogens with two attached hydrogens (primary N) is 1. The lowest BCUT2D eigenvalue weighted by Gasteiger charge is -2.34. The number of hydrogen-bond donors (Lipinski definition) is 1. The van der Waals surface area contributed by atoms with Gasteiger partial charge in [-0.05, 0) is 24.5 Å². The van der Waals surface area contributed by atoms with Gasteiger partial charge in [0.2, 0.25) is 10.0 Å². The van der Waals surface area contributed by atoms with E-state index in [1.807, 2.05) is 6.92 Å². The molecule has 1 aliphatic heterocycles. The van der Waals surface area contributed by atoms with Gasteiger partial charge in [-0.2, -0.15) is 4.31 Å². The molecule has 5 nitrogen and oxygen atoms in total. The Hall–Kier alpha value is -0.820. The second-order valence-electron chi connectivity index (χ2n) is 5.09. The third kappa shape index (κ3) is 2.93. The van der Waals surface area contributed by atoms with Crippen LogP contribution >= 0.6 is 11.6 Å². The van der Waals surface area contributed by atoms with Crippen LogP contribution < -0.4 is 10.5 Å². The minimum atomic E-state index is -3.58. The van der Waals surface area contributed by atoms with Crippen molar-refractivity contribution in [1.82, 2.24) is 4.31 Å². The van der Waals surface area contributed by atoms with Crippen molar-refractivity contribution in [2.75, 3.05) is 20.2 Å². The zero-order chi connectivity index (χ0) is 14.9. The summed E-state index contributed by atoms with van der Waals surface area (Å²) in [6.45, 7) is 2.82. The first-order valence-corrected chi connectivity index (χ1v) is 8.27. The first kappa shape index (κ1) is 15.6. The fraction of sp³-hybridized carbons (Fsp3) is 0.538. The van der Waals surface area contributed by atoms with Crippen LogP contribution in [0, 0.1) is 5.92 Å². The van der Waals surface area contributed by atoms with Crippen molar-refractivity contribution >= 4 is 21.6 Å². The van der Waals surface area contributed by atoms with Crippen LogP contribution in [0.25, 0.3) is 0 Å². The first-order chi connectivity index (χ1) is 9.36. The van der Waals surface area contributed by atoms with Crippen molar-refractivity contribution in [2.45, 2.75) is 24.3 Å². The standard InChI is InChI=1S/C13H19ClN2O3S/c1-9-8-16(6-5-11(9)15)20(17,18)13-4-3-10(14)7-12(13)19-2/h3-4,7,9,11H,5-6,8,15H2,1-2H3. The highest BCUT2D eigenvalue weighted by Gasteiger charge is 2.33. The fourth-order valence-electron chi connectivity index (χ4n) is 2.34. The molecule has 2 rings (SSSR count). The monoisotopic (exact) mass is 318 g/mol. The minimum absolute atomic E-state index is 0.0496. The van der Waals surface area contributed by atoms with E-state index in [1.165, 1.54) is 23.5 Å². The second-order valence-corrected chi connectivity index (χ2v) is 7.43. The zero-order valence-corrected chi connectivity index (χ0v) is 13.1. The summed E-state index contributed by atoms with van der Waals surface area (Å²) in [4.78, 5) is 0.145. The van der Waals surface area contributed by atoms with E-state index in [-0.39, 0.29) is 22.6 Å². The van der Waals surface area contributed by atoms with Crippen molar-refractivity contribution in [1.29, 1.82) is 0 Å². The van der Waals surface area contributed by atoms with Gasteiger partial charge in [-0.25, -0.2) is 8.42 Å². The molecule has 0 aliphatic carbocycles. The van der Waals surface area contributed by atoms with Gasteiger partial charge in [0.05, 0.1) is 7.11 Å². The van der Waals surface area contributed by atoms with Crippen LogP contribution in [-0.2, 0) is 10.0 Å². The number of nitrogens with zero attached hydrogens (tertiary/aromatic N) is 1. The minimum Gasteiger partial charge on any atom is -0.495 e. The number of benzene rings is 1. The molecule has 1 aliphatic rings. The first-order valence-electron chi connectivity index (χ1n) is 6.45. The molecule has 0 aromatic heterocycles. The Balaban J connectivity index is 2.36. The molecule has 0 radical (unpaired) electrons. The highest BCUT2D eigenvalue weighted by molar-refractivity contribution is 7.89. The van der Waals surface area contributed by atoms with Crippen LogP contribution in [0.2, 0.25) is 5.02 Å². The molecule has 0 bridgehead atoms. The van der Waals surface area contributed by atoms with E-state index in [0.29, 0.717) is 24.5 Å². The average Bonchev–Trinajstić information content (AvgIpc) is 2.41. The Morgan fingerprint density at radius 3 is 2.75 bits per heavy atom. The van der Waals surface area contributed by atoms with Crippen LogP contribution in [0.4, 0.5) is 0 Å². The molecule has 20 heavy (non-hydrogen) atoms. The summed E-state index contributed by atoms with van der Waals surface area (Å²) in [7, 11) is -2.15. The number of rotatable bonds is 3. The van der Waals surface area contributed by atoms with Gasteiger partial charge in [-0.1, -0.05) is 18.5 Å². The van der Waals surface area contributed by atoms with Crippen LogP contribution in [0.5, 0.6) is 5.75 Å². The van der Waals surface area contributed by atoms with Gasteiger partial charge in [0, 0.05) is 30.2 Å². The molecule has 0 spiro atoms. The Morgan fingerprint density at radius 2 is 2.15 bits per heavy atom. The normalized spacial score (nSPS) is 24.6. The van der Waals surface area contributed by atoms with E-state index in [1.54, 1.807) is 6.07 Å². The third-order valence-electron chi connectivity index (χ3n) is 3.68. The van der Waals surface area contributed by atoms with E-state index in [9.17, 15) is 8.42 Å². The molecule has 7 heteroatoms. The average molecular weight is 319 g/mol. The summed E-state index contributed by atoms with van der Waals surface area (Å²) in [5, 5.41) is 0.440. The van der Waals surface area contributed by atoms with Crippen LogP contribution in [0.15, 0.2) is 23.1 Å². The molecule has 1 fully saturated rings. The molecular formula is C13H19ClN2O3S. The van der Waals surface area contributed by atoms with Crippen LogP contribution in [-0.4, -0.2) is 39.0 Å². The lowest BCUT2D eigenvalue weighted by molar-refractivity contribution is 0.249. The summed E-state index contributed by atoms with van der Waals surface area (Å²) in [5.74, 6) is 0.400. The highest BCUT2D eigenvalue weighted by atomic mass is 35.5. The quantitative estimate of drug-likeness (QED) is 0.920. The summed E-state index contributed by atoms with van der Waals surface area (Å²) in [6.07, 6.45) is 0.663. The topological polar surface area (TPSA) is 72.6 Å². The second kappa shape index (κ2) is 5.89. The van der Waals surface area contributed by atoms with E-state index in [0.717, 1.165) is 0 Å². The van der Waals surface area contributed by atoms with Crippen LogP contribution in [0.1, 0.15) is 13.3 Å². The number of sulfonamides is 1. The third-order valence-corrected chi connectivity index (χ3v) is 5.82. The van der Waals surface area contributed by atoms with Crippen molar-refractivity contribution in [2.24, 2.45) is 11.7 Å².